The number of rotatable bonds is 4. The maximum Gasteiger partial charge on any atom is 0.149 e. The Morgan fingerprint density at radius 1 is 1.58 bits per heavy atom. The van der Waals surface area contributed by atoms with E-state index in [0.29, 0.717) is 0 Å². The highest BCUT2D eigenvalue weighted by molar-refractivity contribution is 4.92. The molecular weight excluding hydrogens is 152 g/mol. The van der Waals surface area contributed by atoms with Crippen LogP contribution in [-0.4, -0.2) is 14.8 Å². The van der Waals surface area contributed by atoms with Crippen molar-refractivity contribution in [2.75, 3.05) is 0 Å². The first-order chi connectivity index (χ1) is 5.79. The summed E-state index contributed by atoms with van der Waals surface area (Å²) in [5.74, 6) is 0.902. The number of aromatic nitrogens is 3. The van der Waals surface area contributed by atoms with Gasteiger partial charge in [0.1, 0.15) is 12.2 Å². The first-order valence-electron chi connectivity index (χ1n) is 4.42. The molecule has 1 aromatic heterocycles. The molecule has 2 N–H and O–H groups in total. The van der Waals surface area contributed by atoms with Crippen LogP contribution in [0.4, 0.5) is 0 Å². The summed E-state index contributed by atoms with van der Waals surface area (Å²) >= 11 is 0. The molecule has 1 unspecified atom stereocenters. The monoisotopic (exact) mass is 168 g/mol. The van der Waals surface area contributed by atoms with Gasteiger partial charge in [-0.3, -0.25) is 0 Å². The zero-order chi connectivity index (χ0) is 8.97. The number of hydrogen-bond acceptors (Lipinski definition) is 3. The van der Waals surface area contributed by atoms with Crippen molar-refractivity contribution >= 4 is 0 Å². The Bertz CT molecular complexity index is 231. The van der Waals surface area contributed by atoms with E-state index >= 15 is 0 Å². The van der Waals surface area contributed by atoms with E-state index in [1.807, 2.05) is 4.57 Å². The maximum atomic E-state index is 5.85. The van der Waals surface area contributed by atoms with Gasteiger partial charge in [-0.1, -0.05) is 13.8 Å². The molecule has 0 aromatic carbocycles. The minimum atomic E-state index is 0.0269. The van der Waals surface area contributed by atoms with Crippen LogP contribution >= 0.6 is 0 Å². The zero-order valence-electron chi connectivity index (χ0n) is 7.70. The second-order valence-corrected chi connectivity index (χ2v) is 2.90. The van der Waals surface area contributed by atoms with Crippen LogP contribution in [-0.2, 0) is 6.54 Å². The fourth-order valence-electron chi connectivity index (χ4n) is 1.15. The van der Waals surface area contributed by atoms with Gasteiger partial charge in [-0.15, -0.1) is 10.2 Å². The van der Waals surface area contributed by atoms with Gasteiger partial charge >= 0.3 is 0 Å². The van der Waals surface area contributed by atoms with E-state index < -0.39 is 0 Å². The third kappa shape index (κ3) is 1.82. The molecule has 0 fully saturated rings. The van der Waals surface area contributed by atoms with Crippen LogP contribution in [0.1, 0.15) is 38.6 Å². The van der Waals surface area contributed by atoms with Gasteiger partial charge in [-0.2, -0.15) is 0 Å². The van der Waals surface area contributed by atoms with Gasteiger partial charge in [0.25, 0.3) is 0 Å². The van der Waals surface area contributed by atoms with E-state index in [0.717, 1.165) is 25.2 Å². The lowest BCUT2D eigenvalue weighted by atomic mass is 10.2. The summed E-state index contributed by atoms with van der Waals surface area (Å²) < 4.78 is 2.02. The number of hydrogen-bond donors (Lipinski definition) is 1. The highest BCUT2D eigenvalue weighted by Gasteiger charge is 2.10. The Hall–Kier alpha value is -0.900. The number of nitrogens with two attached hydrogens (primary N) is 1. The van der Waals surface area contributed by atoms with Gasteiger partial charge in [0.15, 0.2) is 0 Å². The molecule has 0 aliphatic heterocycles. The van der Waals surface area contributed by atoms with Crippen molar-refractivity contribution < 1.29 is 0 Å². The third-order valence-electron chi connectivity index (χ3n) is 1.88. The van der Waals surface area contributed by atoms with E-state index in [9.17, 15) is 0 Å². The topological polar surface area (TPSA) is 56.7 Å². The summed E-state index contributed by atoms with van der Waals surface area (Å²) in [7, 11) is 0. The molecule has 0 radical (unpaired) electrons. The summed E-state index contributed by atoms with van der Waals surface area (Å²) in [5.41, 5.74) is 5.85. The first-order valence-corrected chi connectivity index (χ1v) is 4.42. The highest BCUT2D eigenvalue weighted by atomic mass is 15.3. The van der Waals surface area contributed by atoms with Crippen molar-refractivity contribution in [1.82, 2.24) is 14.8 Å². The molecule has 0 saturated heterocycles. The predicted octanol–water partition coefficient (Wildman–Crippen LogP) is 1.10. The normalized spacial score (nSPS) is 13.2. The van der Waals surface area contributed by atoms with Crippen molar-refractivity contribution in [2.24, 2.45) is 5.73 Å². The molecule has 0 aliphatic carbocycles. The lowest BCUT2D eigenvalue weighted by Gasteiger charge is -2.09. The molecule has 0 aliphatic rings. The predicted molar refractivity (Wildman–Crippen MR) is 47.5 cm³/mol. The molecule has 0 bridgehead atoms. The molecule has 0 amide bonds. The zero-order valence-corrected chi connectivity index (χ0v) is 7.70. The van der Waals surface area contributed by atoms with Gasteiger partial charge in [0, 0.05) is 6.54 Å². The minimum Gasteiger partial charge on any atom is -0.321 e. The molecule has 0 saturated carbocycles. The Balaban J connectivity index is 2.76. The van der Waals surface area contributed by atoms with Crippen LogP contribution in [0, 0.1) is 0 Å². The van der Waals surface area contributed by atoms with Crippen LogP contribution in [0.15, 0.2) is 6.33 Å². The fraction of sp³-hybridized carbons (Fsp3) is 0.750. The summed E-state index contributed by atoms with van der Waals surface area (Å²) in [5, 5.41) is 7.84. The SMILES string of the molecule is CCCn1cnnc1C(N)CC. The Morgan fingerprint density at radius 3 is 2.92 bits per heavy atom. The Morgan fingerprint density at radius 2 is 2.33 bits per heavy atom. The van der Waals surface area contributed by atoms with Crippen molar-refractivity contribution in [3.8, 4) is 0 Å². The van der Waals surface area contributed by atoms with Gasteiger partial charge in [0.05, 0.1) is 6.04 Å². The molecule has 1 heterocycles. The lowest BCUT2D eigenvalue weighted by Crippen LogP contribution is -2.15. The average Bonchev–Trinajstić information content (AvgIpc) is 2.52. The van der Waals surface area contributed by atoms with Gasteiger partial charge in [-0.25, -0.2) is 0 Å². The number of aryl methyl sites for hydroxylation is 1. The molecule has 1 atom stereocenters. The summed E-state index contributed by atoms with van der Waals surface area (Å²) in [6.07, 6.45) is 3.73. The van der Waals surface area contributed by atoms with Crippen LogP contribution in [0.3, 0.4) is 0 Å². The van der Waals surface area contributed by atoms with Crippen LogP contribution in [0.25, 0.3) is 0 Å². The van der Waals surface area contributed by atoms with Gasteiger partial charge in [-0.05, 0) is 12.8 Å². The van der Waals surface area contributed by atoms with Crippen molar-refractivity contribution in [1.29, 1.82) is 0 Å². The Kier molecular flexibility index (Phi) is 3.22. The Labute approximate surface area is 72.8 Å². The van der Waals surface area contributed by atoms with Gasteiger partial charge < -0.3 is 10.3 Å². The average molecular weight is 168 g/mol. The molecule has 4 nitrogen and oxygen atoms in total. The van der Waals surface area contributed by atoms with Gasteiger partial charge in [0.2, 0.25) is 0 Å². The summed E-state index contributed by atoms with van der Waals surface area (Å²) in [4.78, 5) is 0. The largest absolute Gasteiger partial charge is 0.321 e. The molecular formula is C8H16N4. The van der Waals surface area contributed by atoms with E-state index in [1.165, 1.54) is 0 Å². The van der Waals surface area contributed by atoms with Crippen LogP contribution in [0.2, 0.25) is 0 Å². The van der Waals surface area contributed by atoms with Crippen molar-refractivity contribution in [3.05, 3.63) is 12.2 Å². The standard InChI is InChI=1S/C8H16N4/c1-3-5-12-6-10-11-8(12)7(9)4-2/h6-7H,3-5,9H2,1-2H3. The minimum absolute atomic E-state index is 0.0269. The molecule has 0 spiro atoms. The third-order valence-corrected chi connectivity index (χ3v) is 1.88. The molecule has 1 rings (SSSR count). The van der Waals surface area contributed by atoms with E-state index in [4.69, 9.17) is 5.73 Å². The molecule has 68 valence electrons. The lowest BCUT2D eigenvalue weighted by molar-refractivity contribution is 0.566. The smallest absolute Gasteiger partial charge is 0.149 e. The highest BCUT2D eigenvalue weighted by Crippen LogP contribution is 2.09. The quantitative estimate of drug-likeness (QED) is 0.732. The fourth-order valence-corrected chi connectivity index (χ4v) is 1.15. The number of nitrogens with zero attached hydrogens (tertiary/aromatic N) is 3. The molecule has 1 aromatic rings. The van der Waals surface area contributed by atoms with Crippen molar-refractivity contribution in [2.45, 2.75) is 39.3 Å². The maximum absolute atomic E-state index is 5.85. The van der Waals surface area contributed by atoms with E-state index in [1.54, 1.807) is 6.33 Å². The van der Waals surface area contributed by atoms with E-state index in [2.05, 4.69) is 24.0 Å². The van der Waals surface area contributed by atoms with E-state index in [-0.39, 0.29) is 6.04 Å². The van der Waals surface area contributed by atoms with Crippen LogP contribution in [0.5, 0.6) is 0 Å². The van der Waals surface area contributed by atoms with Crippen LogP contribution < -0.4 is 5.73 Å². The first kappa shape index (κ1) is 9.19. The summed E-state index contributed by atoms with van der Waals surface area (Å²) in [6, 6.07) is 0.0269. The second kappa shape index (κ2) is 4.21. The van der Waals surface area contributed by atoms with Crippen molar-refractivity contribution in [3.63, 3.8) is 0 Å². The molecule has 4 heteroatoms. The second-order valence-electron chi connectivity index (χ2n) is 2.90. The summed E-state index contributed by atoms with van der Waals surface area (Å²) in [6.45, 7) is 5.13. The molecule has 12 heavy (non-hydrogen) atoms.